The first-order valence-electron chi connectivity index (χ1n) is 4.76. The van der Waals surface area contributed by atoms with Crippen molar-refractivity contribution in [3.8, 4) is 0 Å². The second-order valence-corrected chi connectivity index (χ2v) is 5.74. The molecule has 0 saturated carbocycles. The van der Waals surface area contributed by atoms with E-state index in [1.807, 2.05) is 0 Å². The second-order valence-electron chi connectivity index (χ2n) is 3.57. The molecular formula is C10H12FNO2S. The lowest BCUT2D eigenvalue weighted by molar-refractivity contribution is 0.360. The van der Waals surface area contributed by atoms with Gasteiger partial charge in [-0.05, 0) is 12.1 Å². The van der Waals surface area contributed by atoms with Crippen LogP contribution in [0.25, 0.3) is 0 Å². The van der Waals surface area contributed by atoms with Gasteiger partial charge < -0.3 is 5.32 Å². The lowest BCUT2D eigenvalue weighted by Gasteiger charge is -2.12. The Bertz CT molecular complexity index is 432. The largest absolute Gasteiger partial charge is 0.312 e. The number of rotatable bonds is 2. The number of hydrogen-bond donors (Lipinski definition) is 1. The standard InChI is InChI=1S/C10H12FNO2S/c11-9-6-12-7-10(9)15(13,14)8-4-2-1-3-5-8/h1-5,9-10,12H,6-7H2/t9-,10+/m1/s1. The van der Waals surface area contributed by atoms with Gasteiger partial charge in [-0.2, -0.15) is 0 Å². The molecule has 1 N–H and O–H groups in total. The lowest BCUT2D eigenvalue weighted by Crippen LogP contribution is -2.30. The fourth-order valence-electron chi connectivity index (χ4n) is 1.71. The van der Waals surface area contributed by atoms with E-state index in [4.69, 9.17) is 0 Å². The van der Waals surface area contributed by atoms with Gasteiger partial charge in [-0.25, -0.2) is 12.8 Å². The molecule has 1 fully saturated rings. The molecule has 0 spiro atoms. The molecule has 1 aliphatic heterocycles. The Balaban J connectivity index is 2.35. The molecule has 0 aliphatic carbocycles. The molecule has 3 nitrogen and oxygen atoms in total. The van der Waals surface area contributed by atoms with Crippen molar-refractivity contribution in [1.82, 2.24) is 5.32 Å². The molecule has 1 heterocycles. The fraction of sp³-hybridized carbons (Fsp3) is 0.400. The van der Waals surface area contributed by atoms with Gasteiger partial charge in [-0.15, -0.1) is 0 Å². The number of halogens is 1. The SMILES string of the molecule is O=S(=O)(c1ccccc1)[C@H]1CNC[C@H]1F. The summed E-state index contributed by atoms with van der Waals surface area (Å²) in [5, 5.41) is 1.80. The predicted octanol–water partition coefficient (Wildman–Crippen LogP) is 0.770. The van der Waals surface area contributed by atoms with E-state index in [0.717, 1.165) is 0 Å². The van der Waals surface area contributed by atoms with Crippen LogP contribution in [0, 0.1) is 0 Å². The van der Waals surface area contributed by atoms with E-state index in [-0.39, 0.29) is 18.0 Å². The molecule has 5 heteroatoms. The fourth-order valence-corrected chi connectivity index (χ4v) is 3.42. The maximum atomic E-state index is 13.3. The highest BCUT2D eigenvalue weighted by Crippen LogP contribution is 2.21. The molecular weight excluding hydrogens is 217 g/mol. The summed E-state index contributed by atoms with van der Waals surface area (Å²) >= 11 is 0. The molecule has 1 aromatic carbocycles. The summed E-state index contributed by atoms with van der Waals surface area (Å²) in [6.07, 6.45) is -1.31. The van der Waals surface area contributed by atoms with Crippen LogP contribution in [0.4, 0.5) is 4.39 Å². The maximum Gasteiger partial charge on any atom is 0.185 e. The maximum absolute atomic E-state index is 13.3. The molecule has 0 aromatic heterocycles. The molecule has 15 heavy (non-hydrogen) atoms. The summed E-state index contributed by atoms with van der Waals surface area (Å²) < 4.78 is 37.3. The first-order chi connectivity index (χ1) is 7.12. The summed E-state index contributed by atoms with van der Waals surface area (Å²) in [5.74, 6) is 0. The van der Waals surface area contributed by atoms with Crippen LogP contribution in [0.1, 0.15) is 0 Å². The van der Waals surface area contributed by atoms with E-state index in [0.29, 0.717) is 0 Å². The molecule has 2 rings (SSSR count). The molecule has 0 unspecified atom stereocenters. The zero-order chi connectivity index (χ0) is 10.9. The van der Waals surface area contributed by atoms with Crippen LogP contribution in [0.15, 0.2) is 35.2 Å². The Morgan fingerprint density at radius 3 is 2.40 bits per heavy atom. The Kier molecular flexibility index (Phi) is 2.75. The van der Waals surface area contributed by atoms with Crippen LogP contribution in [-0.4, -0.2) is 32.9 Å². The quantitative estimate of drug-likeness (QED) is 0.814. The molecule has 1 aliphatic rings. The van der Waals surface area contributed by atoms with Gasteiger partial charge in [0.25, 0.3) is 0 Å². The number of hydrogen-bond acceptors (Lipinski definition) is 3. The molecule has 82 valence electrons. The monoisotopic (exact) mass is 229 g/mol. The summed E-state index contributed by atoms with van der Waals surface area (Å²) in [4.78, 5) is 0.196. The first-order valence-corrected chi connectivity index (χ1v) is 6.31. The molecule has 0 radical (unpaired) electrons. The highest BCUT2D eigenvalue weighted by Gasteiger charge is 2.38. The van der Waals surface area contributed by atoms with Gasteiger partial charge >= 0.3 is 0 Å². The zero-order valence-corrected chi connectivity index (χ0v) is 8.87. The van der Waals surface area contributed by atoms with Crippen LogP contribution in [-0.2, 0) is 9.84 Å². The highest BCUT2D eigenvalue weighted by molar-refractivity contribution is 7.92. The molecule has 2 atom stereocenters. The van der Waals surface area contributed by atoms with Crippen LogP contribution in [0.5, 0.6) is 0 Å². The Morgan fingerprint density at radius 2 is 1.87 bits per heavy atom. The van der Waals surface area contributed by atoms with Gasteiger partial charge in [0.1, 0.15) is 11.4 Å². The topological polar surface area (TPSA) is 46.2 Å². The molecule has 1 saturated heterocycles. The third-order valence-corrected chi connectivity index (χ3v) is 4.75. The van der Waals surface area contributed by atoms with Crippen molar-refractivity contribution >= 4 is 9.84 Å². The minimum absolute atomic E-state index is 0.122. The molecule has 1 aromatic rings. The van der Waals surface area contributed by atoms with E-state index in [2.05, 4.69) is 5.32 Å². The van der Waals surface area contributed by atoms with Crippen molar-refractivity contribution in [2.45, 2.75) is 16.3 Å². The van der Waals surface area contributed by atoms with Crippen LogP contribution in [0.2, 0.25) is 0 Å². The van der Waals surface area contributed by atoms with E-state index in [9.17, 15) is 12.8 Å². The smallest absolute Gasteiger partial charge is 0.185 e. The number of alkyl halides is 1. The van der Waals surface area contributed by atoms with Gasteiger partial charge in [0.05, 0.1) is 4.90 Å². The van der Waals surface area contributed by atoms with Crippen molar-refractivity contribution < 1.29 is 12.8 Å². The Labute approximate surface area is 88.2 Å². The molecule has 0 amide bonds. The number of benzene rings is 1. The third-order valence-electron chi connectivity index (χ3n) is 2.56. The van der Waals surface area contributed by atoms with Crippen molar-refractivity contribution in [1.29, 1.82) is 0 Å². The van der Waals surface area contributed by atoms with Crippen molar-refractivity contribution in [2.24, 2.45) is 0 Å². The molecule has 0 bridgehead atoms. The predicted molar refractivity (Wildman–Crippen MR) is 55.2 cm³/mol. The van der Waals surface area contributed by atoms with Crippen LogP contribution in [0.3, 0.4) is 0 Å². The normalized spacial score (nSPS) is 26.7. The van der Waals surface area contributed by atoms with Gasteiger partial charge in [-0.3, -0.25) is 0 Å². The van der Waals surface area contributed by atoms with Gasteiger partial charge in [0.15, 0.2) is 9.84 Å². The summed E-state index contributed by atoms with van der Waals surface area (Å²) in [6, 6.07) is 8.02. The minimum Gasteiger partial charge on any atom is -0.312 e. The van der Waals surface area contributed by atoms with Crippen molar-refractivity contribution in [3.05, 3.63) is 30.3 Å². The highest BCUT2D eigenvalue weighted by atomic mass is 32.2. The lowest BCUT2D eigenvalue weighted by atomic mass is 10.3. The van der Waals surface area contributed by atoms with E-state index in [1.54, 1.807) is 18.2 Å². The summed E-state index contributed by atoms with van der Waals surface area (Å²) in [5.41, 5.74) is 0. The number of sulfone groups is 1. The Hall–Kier alpha value is -0.940. The second kappa shape index (κ2) is 3.90. The van der Waals surface area contributed by atoms with Gasteiger partial charge in [0, 0.05) is 13.1 Å². The number of nitrogens with one attached hydrogen (secondary N) is 1. The van der Waals surface area contributed by atoms with E-state index in [1.165, 1.54) is 12.1 Å². The average molecular weight is 229 g/mol. The van der Waals surface area contributed by atoms with Crippen LogP contribution >= 0.6 is 0 Å². The van der Waals surface area contributed by atoms with Crippen LogP contribution < -0.4 is 5.32 Å². The average Bonchev–Trinajstić information content (AvgIpc) is 2.66. The minimum atomic E-state index is -3.53. The summed E-state index contributed by atoms with van der Waals surface area (Å²) in [7, 11) is -3.53. The van der Waals surface area contributed by atoms with Gasteiger partial charge in [-0.1, -0.05) is 18.2 Å². The van der Waals surface area contributed by atoms with E-state index >= 15 is 0 Å². The summed E-state index contributed by atoms with van der Waals surface area (Å²) in [6.45, 7) is 0.315. The first kappa shape index (κ1) is 10.6. The third kappa shape index (κ3) is 1.89. The van der Waals surface area contributed by atoms with Crippen molar-refractivity contribution in [3.63, 3.8) is 0 Å². The van der Waals surface area contributed by atoms with E-state index < -0.39 is 21.3 Å². The zero-order valence-electron chi connectivity index (χ0n) is 8.06. The van der Waals surface area contributed by atoms with Gasteiger partial charge in [0.2, 0.25) is 0 Å². The van der Waals surface area contributed by atoms with Crippen molar-refractivity contribution in [2.75, 3.05) is 13.1 Å². The Morgan fingerprint density at radius 1 is 1.20 bits per heavy atom.